The zero-order valence-electron chi connectivity index (χ0n) is 7.04. The summed E-state index contributed by atoms with van der Waals surface area (Å²) in [7, 11) is 0. The third-order valence-electron chi connectivity index (χ3n) is 1.91. The smallest absolute Gasteiger partial charge is 0.0979 e. The Balaban J connectivity index is 2.38. The van der Waals surface area contributed by atoms with Crippen molar-refractivity contribution in [3.05, 3.63) is 41.2 Å². The maximum atomic E-state index is 6.13. The van der Waals surface area contributed by atoms with Crippen molar-refractivity contribution in [3.63, 3.8) is 0 Å². The van der Waals surface area contributed by atoms with E-state index in [4.69, 9.17) is 17.3 Å². The predicted molar refractivity (Wildman–Crippen MR) is 72.4 cm³/mol. The quantitative estimate of drug-likeness (QED) is 0.806. The van der Waals surface area contributed by atoms with E-state index in [9.17, 15) is 0 Å². The molecule has 0 amide bonds. The van der Waals surface area contributed by atoms with Crippen LogP contribution in [0.4, 0.5) is 0 Å². The normalized spacial score (nSPS) is 13.1. The first-order chi connectivity index (χ1) is 6.70. The Morgan fingerprint density at radius 3 is 2.50 bits per heavy atom. The van der Waals surface area contributed by atoms with Crippen LogP contribution in [0.3, 0.4) is 0 Å². The van der Waals surface area contributed by atoms with Crippen molar-refractivity contribution in [2.75, 3.05) is 0 Å². The molecule has 5 heteroatoms. The average Bonchev–Trinajstić information content (AvgIpc) is 2.73. The highest BCUT2D eigenvalue weighted by Crippen LogP contribution is 2.34. The van der Waals surface area contributed by atoms with Crippen LogP contribution in [0.1, 0.15) is 16.5 Å². The Morgan fingerprint density at radius 2 is 2.00 bits per heavy atom. The van der Waals surface area contributed by atoms with E-state index in [-0.39, 0.29) is 6.04 Å². The second-order valence-corrected chi connectivity index (χ2v) is 6.39. The summed E-state index contributed by atoms with van der Waals surface area (Å²) in [4.78, 5) is 1.19. The molecule has 0 spiro atoms. The second kappa shape index (κ2) is 4.49. The highest BCUT2D eigenvalue weighted by atomic mass is 127. The van der Waals surface area contributed by atoms with Crippen molar-refractivity contribution < 1.29 is 0 Å². The molecular formula is C9H7ClINS2. The summed E-state index contributed by atoms with van der Waals surface area (Å²) in [5.41, 5.74) is 7.16. The number of nitrogens with two attached hydrogens (primary N) is 1. The molecule has 0 saturated heterocycles. The van der Waals surface area contributed by atoms with E-state index in [2.05, 4.69) is 34.0 Å². The molecule has 0 aromatic carbocycles. The van der Waals surface area contributed by atoms with Crippen LogP contribution in [0.15, 0.2) is 22.9 Å². The molecule has 0 fully saturated rings. The van der Waals surface area contributed by atoms with E-state index in [0.29, 0.717) is 0 Å². The van der Waals surface area contributed by atoms with Gasteiger partial charge in [0.15, 0.2) is 0 Å². The molecular weight excluding hydrogens is 349 g/mol. The Hall–Kier alpha value is 0.380. The van der Waals surface area contributed by atoms with Crippen LogP contribution in [0, 0.1) is 3.57 Å². The van der Waals surface area contributed by atoms with Gasteiger partial charge in [-0.2, -0.15) is 0 Å². The van der Waals surface area contributed by atoms with Gasteiger partial charge < -0.3 is 5.73 Å². The molecule has 0 saturated carbocycles. The predicted octanol–water partition coefficient (Wildman–Crippen LogP) is 4.12. The first kappa shape index (κ1) is 10.9. The second-order valence-electron chi connectivity index (χ2n) is 2.76. The zero-order valence-corrected chi connectivity index (χ0v) is 11.6. The molecule has 2 N–H and O–H groups in total. The fourth-order valence-corrected chi connectivity index (χ4v) is 4.14. The lowest BCUT2D eigenvalue weighted by atomic mass is 10.1. The van der Waals surface area contributed by atoms with Gasteiger partial charge in [0.2, 0.25) is 0 Å². The minimum Gasteiger partial charge on any atom is -0.320 e. The van der Waals surface area contributed by atoms with Crippen molar-refractivity contribution in [3.8, 4) is 0 Å². The highest BCUT2D eigenvalue weighted by Gasteiger charge is 2.16. The van der Waals surface area contributed by atoms with E-state index in [1.807, 2.05) is 11.4 Å². The summed E-state index contributed by atoms with van der Waals surface area (Å²) in [6.45, 7) is 0. The minimum absolute atomic E-state index is 0.0827. The Morgan fingerprint density at radius 1 is 1.29 bits per heavy atom. The SMILES string of the molecule is NC(c1ccsc1Cl)c1sccc1I. The molecule has 14 heavy (non-hydrogen) atoms. The summed E-state index contributed by atoms with van der Waals surface area (Å²) in [6, 6.07) is 3.98. The van der Waals surface area contributed by atoms with Crippen molar-refractivity contribution in [2.45, 2.75) is 6.04 Å². The summed E-state index contributed by atoms with van der Waals surface area (Å²) in [5.74, 6) is 0. The zero-order chi connectivity index (χ0) is 10.1. The van der Waals surface area contributed by atoms with Crippen LogP contribution in [0.25, 0.3) is 0 Å². The molecule has 0 bridgehead atoms. The van der Waals surface area contributed by atoms with Crippen molar-refractivity contribution in [1.29, 1.82) is 0 Å². The van der Waals surface area contributed by atoms with Crippen molar-refractivity contribution in [2.24, 2.45) is 5.73 Å². The molecule has 2 heterocycles. The fraction of sp³-hybridized carbons (Fsp3) is 0.111. The van der Waals surface area contributed by atoms with Gasteiger partial charge in [-0.25, -0.2) is 0 Å². The van der Waals surface area contributed by atoms with Crippen LogP contribution < -0.4 is 5.73 Å². The van der Waals surface area contributed by atoms with E-state index in [1.54, 1.807) is 11.3 Å². The lowest BCUT2D eigenvalue weighted by Crippen LogP contribution is -2.10. The van der Waals surface area contributed by atoms with E-state index >= 15 is 0 Å². The monoisotopic (exact) mass is 355 g/mol. The van der Waals surface area contributed by atoms with E-state index in [1.165, 1.54) is 19.8 Å². The maximum Gasteiger partial charge on any atom is 0.0979 e. The molecule has 0 aliphatic rings. The topological polar surface area (TPSA) is 26.0 Å². The highest BCUT2D eigenvalue weighted by molar-refractivity contribution is 14.1. The lowest BCUT2D eigenvalue weighted by Gasteiger charge is -2.09. The van der Waals surface area contributed by atoms with Crippen LogP contribution in [-0.2, 0) is 0 Å². The van der Waals surface area contributed by atoms with Gasteiger partial charge in [0.25, 0.3) is 0 Å². The molecule has 2 rings (SSSR count). The first-order valence-corrected chi connectivity index (χ1v) is 7.13. The van der Waals surface area contributed by atoms with Crippen molar-refractivity contribution in [1.82, 2.24) is 0 Å². The number of halogens is 2. The molecule has 1 atom stereocenters. The van der Waals surface area contributed by atoms with Gasteiger partial charge in [-0.3, -0.25) is 0 Å². The fourth-order valence-electron chi connectivity index (χ4n) is 1.20. The Bertz CT molecular complexity index is 397. The molecule has 1 unspecified atom stereocenters. The maximum absolute atomic E-state index is 6.13. The third kappa shape index (κ3) is 1.99. The van der Waals surface area contributed by atoms with Crippen molar-refractivity contribution >= 4 is 56.9 Å². The molecule has 2 aromatic heterocycles. The number of hydrogen-bond acceptors (Lipinski definition) is 3. The molecule has 0 aliphatic carbocycles. The van der Waals surface area contributed by atoms with Gasteiger partial charge in [-0.15, -0.1) is 22.7 Å². The largest absolute Gasteiger partial charge is 0.320 e. The summed E-state index contributed by atoms with van der Waals surface area (Å²) in [6.07, 6.45) is 0. The number of hydrogen-bond donors (Lipinski definition) is 1. The first-order valence-electron chi connectivity index (χ1n) is 3.91. The van der Waals surface area contributed by atoms with Gasteiger partial charge in [0.05, 0.1) is 10.4 Å². The minimum atomic E-state index is -0.0827. The lowest BCUT2D eigenvalue weighted by molar-refractivity contribution is 0.894. The van der Waals surface area contributed by atoms with Gasteiger partial charge in [-0.1, -0.05) is 11.6 Å². The van der Waals surface area contributed by atoms with E-state index < -0.39 is 0 Å². The van der Waals surface area contributed by atoms with E-state index in [0.717, 1.165) is 9.90 Å². The summed E-state index contributed by atoms with van der Waals surface area (Å²) >= 11 is 11.5. The van der Waals surface area contributed by atoms with Crippen LogP contribution in [0.5, 0.6) is 0 Å². The Kier molecular flexibility index (Phi) is 3.49. The molecule has 0 radical (unpaired) electrons. The van der Waals surface area contributed by atoms with Crippen LogP contribution >= 0.6 is 56.9 Å². The average molecular weight is 356 g/mol. The third-order valence-corrected chi connectivity index (χ3v) is 5.42. The van der Waals surface area contributed by atoms with Gasteiger partial charge in [-0.05, 0) is 45.5 Å². The van der Waals surface area contributed by atoms with Crippen LogP contribution in [0.2, 0.25) is 4.34 Å². The number of thiophene rings is 2. The Labute approximate surface area is 109 Å². The standard InChI is InChI=1S/C9H7ClINS2/c10-9-5(1-3-14-9)7(12)8-6(11)2-4-13-8/h1-4,7H,12H2. The summed E-state index contributed by atoms with van der Waals surface area (Å²) < 4.78 is 2.00. The van der Waals surface area contributed by atoms with Crippen LogP contribution in [-0.4, -0.2) is 0 Å². The number of rotatable bonds is 2. The molecule has 2 aromatic rings. The molecule has 0 aliphatic heterocycles. The summed E-state index contributed by atoms with van der Waals surface area (Å²) in [5, 5.41) is 4.02. The van der Waals surface area contributed by atoms with Gasteiger partial charge in [0.1, 0.15) is 0 Å². The molecule has 74 valence electrons. The van der Waals surface area contributed by atoms with Gasteiger partial charge in [0, 0.05) is 14.0 Å². The van der Waals surface area contributed by atoms with Gasteiger partial charge >= 0.3 is 0 Å². The molecule has 1 nitrogen and oxygen atoms in total.